The van der Waals surface area contributed by atoms with Gasteiger partial charge in [-0.2, -0.15) is 0 Å². The second-order valence-corrected chi connectivity index (χ2v) is 9.33. The lowest BCUT2D eigenvalue weighted by Gasteiger charge is -2.29. The molecule has 2 aromatic carbocycles. The molecule has 0 radical (unpaired) electrons. The van der Waals surface area contributed by atoms with E-state index in [0.717, 1.165) is 11.8 Å². The zero-order valence-electron chi connectivity index (χ0n) is 15.4. The van der Waals surface area contributed by atoms with Gasteiger partial charge in [-0.05, 0) is 41.6 Å². The second kappa shape index (κ2) is 7.46. The van der Waals surface area contributed by atoms with Crippen LogP contribution in [0.15, 0.2) is 71.1 Å². The molecule has 1 N–H and O–H groups in total. The standard InChI is InChI=1S/C21H17FN2O3S2/c1-14-7-8-16(11-17(14)22)23-12-19-20(25)21-18(9-10-28-21)24(29(19,26)27)13-15-5-3-2-4-6-15/h2-12,23H,13H2,1H3. The first-order valence-corrected chi connectivity index (χ1v) is 11.1. The lowest BCUT2D eigenvalue weighted by Crippen LogP contribution is -2.38. The van der Waals surface area contributed by atoms with Crippen molar-refractivity contribution in [3.8, 4) is 0 Å². The summed E-state index contributed by atoms with van der Waals surface area (Å²) >= 11 is 1.19. The van der Waals surface area contributed by atoms with E-state index in [0.29, 0.717) is 21.8 Å². The molecule has 0 atom stereocenters. The number of allylic oxidation sites excluding steroid dienone is 1. The topological polar surface area (TPSA) is 66.5 Å². The van der Waals surface area contributed by atoms with E-state index in [9.17, 15) is 17.6 Å². The fourth-order valence-corrected chi connectivity index (χ4v) is 5.52. The number of fused-ring (bicyclic) bond motifs is 1. The highest BCUT2D eigenvalue weighted by atomic mass is 32.2. The molecule has 0 bridgehead atoms. The minimum atomic E-state index is -4.09. The van der Waals surface area contributed by atoms with Crippen LogP contribution in [0.3, 0.4) is 0 Å². The van der Waals surface area contributed by atoms with E-state index in [1.807, 2.05) is 30.3 Å². The molecule has 1 aromatic heterocycles. The number of carbonyl (C=O) groups excluding carboxylic acids is 1. The molecule has 2 heterocycles. The Morgan fingerprint density at radius 3 is 2.62 bits per heavy atom. The normalized spacial score (nSPS) is 16.7. The van der Waals surface area contributed by atoms with Gasteiger partial charge in [0.1, 0.15) is 10.7 Å². The molecule has 1 aliphatic rings. The molecule has 4 rings (SSSR count). The quantitative estimate of drug-likeness (QED) is 0.613. The molecule has 0 amide bonds. The number of hydrogen-bond acceptors (Lipinski definition) is 5. The summed E-state index contributed by atoms with van der Waals surface area (Å²) in [4.78, 5) is 12.8. The third kappa shape index (κ3) is 3.56. The molecule has 8 heteroatoms. The van der Waals surface area contributed by atoms with Crippen LogP contribution < -0.4 is 9.62 Å². The molecular formula is C21H17FN2O3S2. The van der Waals surface area contributed by atoms with E-state index in [4.69, 9.17) is 0 Å². The van der Waals surface area contributed by atoms with Crippen molar-refractivity contribution in [2.24, 2.45) is 0 Å². The Bertz CT molecular complexity index is 1220. The number of benzene rings is 2. The van der Waals surface area contributed by atoms with Crippen molar-refractivity contribution in [1.82, 2.24) is 0 Å². The number of sulfonamides is 1. The fraction of sp³-hybridized carbons (Fsp3) is 0.0952. The van der Waals surface area contributed by atoms with Gasteiger partial charge in [0.25, 0.3) is 10.0 Å². The van der Waals surface area contributed by atoms with Gasteiger partial charge in [0.2, 0.25) is 5.78 Å². The summed E-state index contributed by atoms with van der Waals surface area (Å²) < 4.78 is 41.5. The number of rotatable bonds is 4. The highest BCUT2D eigenvalue weighted by molar-refractivity contribution is 7.97. The maximum absolute atomic E-state index is 13.8. The monoisotopic (exact) mass is 428 g/mol. The van der Waals surface area contributed by atoms with Crippen LogP contribution in [0.2, 0.25) is 0 Å². The summed E-state index contributed by atoms with van der Waals surface area (Å²) in [6.45, 7) is 1.74. The number of thiophene rings is 1. The average molecular weight is 429 g/mol. The summed E-state index contributed by atoms with van der Waals surface area (Å²) in [5.41, 5.74) is 2.01. The van der Waals surface area contributed by atoms with Gasteiger partial charge in [-0.15, -0.1) is 11.3 Å². The molecule has 0 spiro atoms. The molecule has 0 saturated carbocycles. The lowest BCUT2D eigenvalue weighted by atomic mass is 10.2. The largest absolute Gasteiger partial charge is 0.360 e. The Balaban J connectivity index is 1.74. The van der Waals surface area contributed by atoms with Crippen molar-refractivity contribution < 1.29 is 17.6 Å². The first kappa shape index (κ1) is 19.4. The van der Waals surface area contributed by atoms with Crippen LogP contribution in [0.25, 0.3) is 0 Å². The number of hydrogen-bond donors (Lipinski definition) is 1. The zero-order valence-corrected chi connectivity index (χ0v) is 17.1. The Morgan fingerprint density at radius 1 is 1.14 bits per heavy atom. The number of Topliss-reactive ketones (excluding diaryl/α,β-unsaturated/α-hetero) is 1. The van der Waals surface area contributed by atoms with Gasteiger partial charge in [0.05, 0.1) is 12.2 Å². The van der Waals surface area contributed by atoms with Gasteiger partial charge < -0.3 is 5.32 Å². The van der Waals surface area contributed by atoms with Crippen molar-refractivity contribution in [2.45, 2.75) is 13.5 Å². The second-order valence-electron chi connectivity index (χ2n) is 6.58. The minimum Gasteiger partial charge on any atom is -0.360 e. The average Bonchev–Trinajstić information content (AvgIpc) is 3.18. The highest BCUT2D eigenvalue weighted by Gasteiger charge is 2.41. The number of nitrogens with one attached hydrogen (secondary N) is 1. The van der Waals surface area contributed by atoms with Crippen LogP contribution in [-0.2, 0) is 16.6 Å². The van der Waals surface area contributed by atoms with E-state index in [-0.39, 0.29) is 11.4 Å². The van der Waals surface area contributed by atoms with Crippen LogP contribution in [0, 0.1) is 12.7 Å². The molecule has 1 aliphatic heterocycles. The maximum atomic E-state index is 13.8. The van der Waals surface area contributed by atoms with Gasteiger partial charge in [-0.3, -0.25) is 9.10 Å². The molecule has 0 unspecified atom stereocenters. The van der Waals surface area contributed by atoms with E-state index in [1.54, 1.807) is 30.5 Å². The Kier molecular flexibility index (Phi) is 4.97. The van der Waals surface area contributed by atoms with Gasteiger partial charge >= 0.3 is 0 Å². The summed E-state index contributed by atoms with van der Waals surface area (Å²) in [7, 11) is -4.09. The summed E-state index contributed by atoms with van der Waals surface area (Å²) in [6, 6.07) is 15.3. The summed E-state index contributed by atoms with van der Waals surface area (Å²) in [5, 5.41) is 4.45. The predicted octanol–water partition coefficient (Wildman–Crippen LogP) is 4.68. The minimum absolute atomic E-state index is 0.108. The number of aryl methyl sites for hydroxylation is 1. The van der Waals surface area contributed by atoms with Crippen LogP contribution in [0.5, 0.6) is 0 Å². The third-order valence-electron chi connectivity index (χ3n) is 4.62. The third-order valence-corrected chi connectivity index (χ3v) is 7.29. The van der Waals surface area contributed by atoms with Gasteiger partial charge in [0, 0.05) is 11.9 Å². The van der Waals surface area contributed by atoms with E-state index in [1.165, 1.54) is 21.7 Å². The van der Waals surface area contributed by atoms with Gasteiger partial charge in [0.15, 0.2) is 4.91 Å². The molecule has 29 heavy (non-hydrogen) atoms. The Labute approximate surface area is 172 Å². The smallest absolute Gasteiger partial charge is 0.270 e. The summed E-state index contributed by atoms with van der Waals surface area (Å²) in [5.74, 6) is -0.989. The van der Waals surface area contributed by atoms with Crippen molar-refractivity contribution in [3.05, 3.63) is 92.9 Å². The van der Waals surface area contributed by atoms with E-state index < -0.39 is 21.6 Å². The highest BCUT2D eigenvalue weighted by Crippen LogP contribution is 2.39. The first-order chi connectivity index (χ1) is 13.9. The Morgan fingerprint density at radius 2 is 1.90 bits per heavy atom. The number of anilines is 2. The number of carbonyl (C=O) groups is 1. The number of nitrogens with zero attached hydrogens (tertiary/aromatic N) is 1. The van der Waals surface area contributed by atoms with Crippen molar-refractivity contribution >= 4 is 38.5 Å². The van der Waals surface area contributed by atoms with E-state index >= 15 is 0 Å². The molecule has 0 fully saturated rings. The molecule has 0 saturated heterocycles. The van der Waals surface area contributed by atoms with Gasteiger partial charge in [-0.25, -0.2) is 12.8 Å². The van der Waals surface area contributed by atoms with E-state index in [2.05, 4.69) is 5.32 Å². The predicted molar refractivity (Wildman–Crippen MR) is 113 cm³/mol. The van der Waals surface area contributed by atoms with Crippen LogP contribution in [0.4, 0.5) is 15.8 Å². The van der Waals surface area contributed by atoms with Crippen LogP contribution in [0.1, 0.15) is 20.8 Å². The van der Waals surface area contributed by atoms with Crippen molar-refractivity contribution in [1.29, 1.82) is 0 Å². The number of ketones is 1. The molecule has 0 aliphatic carbocycles. The number of halogens is 1. The van der Waals surface area contributed by atoms with Crippen LogP contribution in [-0.4, -0.2) is 14.2 Å². The zero-order chi connectivity index (χ0) is 20.6. The SMILES string of the molecule is Cc1ccc(NC=C2C(=O)c3sccc3N(Cc3ccccc3)S2(=O)=O)cc1F. The Hall–Kier alpha value is -2.97. The van der Waals surface area contributed by atoms with Crippen LogP contribution >= 0.6 is 11.3 Å². The molecule has 3 aromatic rings. The lowest BCUT2D eigenvalue weighted by molar-refractivity contribution is 0.104. The summed E-state index contributed by atoms with van der Waals surface area (Å²) in [6.07, 6.45) is 1.14. The van der Waals surface area contributed by atoms with Crippen molar-refractivity contribution in [2.75, 3.05) is 9.62 Å². The maximum Gasteiger partial charge on any atom is 0.270 e. The van der Waals surface area contributed by atoms with Gasteiger partial charge in [-0.1, -0.05) is 36.4 Å². The fourth-order valence-electron chi connectivity index (χ4n) is 3.04. The molecule has 148 valence electrons. The molecular weight excluding hydrogens is 411 g/mol. The molecule has 5 nitrogen and oxygen atoms in total. The first-order valence-electron chi connectivity index (χ1n) is 8.79. The van der Waals surface area contributed by atoms with Crippen molar-refractivity contribution in [3.63, 3.8) is 0 Å².